The molecule has 1 aliphatic heterocycles. The van der Waals surface area contributed by atoms with Crippen molar-refractivity contribution in [1.29, 1.82) is 0 Å². The van der Waals surface area contributed by atoms with Crippen molar-refractivity contribution in [3.63, 3.8) is 0 Å². The van der Waals surface area contributed by atoms with Crippen LogP contribution in [0.4, 0.5) is 5.69 Å². The van der Waals surface area contributed by atoms with Gasteiger partial charge in [0.15, 0.2) is 0 Å². The van der Waals surface area contributed by atoms with Crippen LogP contribution in [0.25, 0.3) is 0 Å². The van der Waals surface area contributed by atoms with Crippen LogP contribution in [0, 0.1) is 0 Å². The zero-order valence-corrected chi connectivity index (χ0v) is 20.7. The van der Waals surface area contributed by atoms with Crippen molar-refractivity contribution in [1.82, 2.24) is 15.1 Å². The molecule has 0 radical (unpaired) electrons. The second-order valence-corrected chi connectivity index (χ2v) is 8.84. The lowest BCUT2D eigenvalue weighted by atomic mass is 10.0. The number of amides is 1. The maximum Gasteiger partial charge on any atom is 0.237 e. The van der Waals surface area contributed by atoms with Gasteiger partial charge in [0.1, 0.15) is 12.6 Å². The molecule has 0 aliphatic carbocycles. The zero-order chi connectivity index (χ0) is 25.0. The highest BCUT2D eigenvalue weighted by atomic mass is 16.5. The minimum atomic E-state index is -0.461. The van der Waals surface area contributed by atoms with Gasteiger partial charge in [0, 0.05) is 57.4 Å². The highest BCUT2D eigenvalue weighted by Crippen LogP contribution is 2.23. The summed E-state index contributed by atoms with van der Waals surface area (Å²) in [6, 6.07) is 13.7. The van der Waals surface area contributed by atoms with Gasteiger partial charge in [-0.1, -0.05) is 36.4 Å². The molecule has 1 saturated heterocycles. The van der Waals surface area contributed by atoms with Crippen molar-refractivity contribution < 1.29 is 19.1 Å². The van der Waals surface area contributed by atoms with E-state index in [9.17, 15) is 14.4 Å². The molecule has 1 atom stereocenters. The van der Waals surface area contributed by atoms with Crippen molar-refractivity contribution >= 4 is 24.2 Å². The molecule has 188 valence electrons. The smallest absolute Gasteiger partial charge is 0.237 e. The third kappa shape index (κ3) is 7.71. The van der Waals surface area contributed by atoms with Gasteiger partial charge < -0.3 is 20.2 Å². The topological polar surface area (TPSA) is 91.0 Å². The van der Waals surface area contributed by atoms with Crippen LogP contribution >= 0.6 is 0 Å². The molecule has 1 unspecified atom stereocenters. The fourth-order valence-corrected chi connectivity index (χ4v) is 4.34. The van der Waals surface area contributed by atoms with E-state index < -0.39 is 6.04 Å². The number of carbonyl (C=O) groups is 3. The van der Waals surface area contributed by atoms with Crippen molar-refractivity contribution in [2.75, 3.05) is 45.7 Å². The van der Waals surface area contributed by atoms with E-state index in [1.165, 1.54) is 5.56 Å². The summed E-state index contributed by atoms with van der Waals surface area (Å²) in [4.78, 5) is 39.3. The SMILES string of the molecule is CNC(=O)C(CCC=O)N(C)Cc1c(C=O)cccc1NCc1ccc(CN2CCOCC2)cc1. The zero-order valence-electron chi connectivity index (χ0n) is 20.7. The van der Waals surface area contributed by atoms with Crippen LogP contribution < -0.4 is 10.6 Å². The number of hydrogen-bond donors (Lipinski definition) is 2. The molecule has 0 bridgehead atoms. The molecule has 1 fully saturated rings. The molecule has 35 heavy (non-hydrogen) atoms. The normalized spacial score (nSPS) is 14.9. The third-order valence-corrected chi connectivity index (χ3v) is 6.40. The number of anilines is 1. The number of hydrogen-bond acceptors (Lipinski definition) is 7. The molecule has 1 heterocycles. The highest BCUT2D eigenvalue weighted by molar-refractivity contribution is 5.82. The number of nitrogens with zero attached hydrogens (tertiary/aromatic N) is 2. The van der Waals surface area contributed by atoms with Gasteiger partial charge in [-0.2, -0.15) is 0 Å². The van der Waals surface area contributed by atoms with E-state index >= 15 is 0 Å². The Morgan fingerprint density at radius 2 is 1.83 bits per heavy atom. The van der Waals surface area contributed by atoms with Gasteiger partial charge in [-0.05, 0) is 36.2 Å². The van der Waals surface area contributed by atoms with Crippen molar-refractivity contribution in [3.8, 4) is 0 Å². The molecule has 2 N–H and O–H groups in total. The molecule has 0 aromatic heterocycles. The highest BCUT2D eigenvalue weighted by Gasteiger charge is 2.23. The predicted octanol–water partition coefficient (Wildman–Crippen LogP) is 2.47. The lowest BCUT2D eigenvalue weighted by Crippen LogP contribution is -2.43. The van der Waals surface area contributed by atoms with E-state index in [2.05, 4.69) is 39.8 Å². The molecular formula is C27H36N4O4. The summed E-state index contributed by atoms with van der Waals surface area (Å²) in [5.41, 5.74) is 4.67. The third-order valence-electron chi connectivity index (χ3n) is 6.40. The van der Waals surface area contributed by atoms with Crippen molar-refractivity contribution in [2.24, 2.45) is 0 Å². The summed E-state index contributed by atoms with van der Waals surface area (Å²) in [6.45, 7) is 5.44. The van der Waals surface area contributed by atoms with Crippen LogP contribution in [0.3, 0.4) is 0 Å². The standard InChI is InChI=1S/C27H36N4O4/c1-28-27(34)26(7-4-14-32)30(2)19-24-23(20-33)5-3-6-25(24)29-17-21-8-10-22(11-9-21)18-31-12-15-35-16-13-31/h3,5-6,8-11,14,20,26,29H,4,7,12-13,15-19H2,1-2H3,(H,28,34). The summed E-state index contributed by atoms with van der Waals surface area (Å²) < 4.78 is 5.42. The summed E-state index contributed by atoms with van der Waals surface area (Å²) in [6.07, 6.45) is 2.38. The number of likely N-dealkylation sites (N-methyl/N-ethyl adjacent to an activating group) is 2. The maximum atomic E-state index is 12.4. The van der Waals surface area contributed by atoms with E-state index in [0.29, 0.717) is 31.5 Å². The summed E-state index contributed by atoms with van der Waals surface area (Å²) in [5, 5.41) is 6.14. The van der Waals surface area contributed by atoms with Crippen molar-refractivity contribution in [3.05, 3.63) is 64.7 Å². The van der Waals surface area contributed by atoms with Crippen LogP contribution in [0.1, 0.15) is 39.9 Å². The van der Waals surface area contributed by atoms with Crippen LogP contribution in [0.2, 0.25) is 0 Å². The minimum Gasteiger partial charge on any atom is -0.381 e. The number of carbonyl (C=O) groups excluding carboxylic acids is 3. The van der Waals surface area contributed by atoms with E-state index in [1.54, 1.807) is 13.1 Å². The molecule has 0 spiro atoms. The van der Waals surface area contributed by atoms with E-state index in [-0.39, 0.29) is 5.91 Å². The Hall–Kier alpha value is -3.07. The Kier molecular flexibility index (Phi) is 10.4. The van der Waals surface area contributed by atoms with Gasteiger partial charge >= 0.3 is 0 Å². The summed E-state index contributed by atoms with van der Waals surface area (Å²) >= 11 is 0. The number of ether oxygens (including phenoxy) is 1. The predicted molar refractivity (Wildman–Crippen MR) is 136 cm³/mol. The Morgan fingerprint density at radius 1 is 1.11 bits per heavy atom. The molecule has 8 heteroatoms. The molecule has 8 nitrogen and oxygen atoms in total. The van der Waals surface area contributed by atoms with Crippen LogP contribution in [-0.4, -0.2) is 74.7 Å². The number of nitrogens with one attached hydrogen (secondary N) is 2. The molecule has 3 rings (SSSR count). The van der Waals surface area contributed by atoms with Crippen molar-refractivity contribution in [2.45, 2.75) is 38.5 Å². The van der Waals surface area contributed by atoms with Crippen LogP contribution in [0.15, 0.2) is 42.5 Å². The second kappa shape index (κ2) is 13.7. The first-order valence-corrected chi connectivity index (χ1v) is 12.1. The Morgan fingerprint density at radius 3 is 2.49 bits per heavy atom. The van der Waals surface area contributed by atoms with E-state index in [0.717, 1.165) is 62.2 Å². The molecule has 1 amide bonds. The second-order valence-electron chi connectivity index (χ2n) is 8.84. The maximum absolute atomic E-state index is 12.4. The van der Waals surface area contributed by atoms with Crippen LogP contribution in [0.5, 0.6) is 0 Å². The quantitative estimate of drug-likeness (QED) is 0.426. The van der Waals surface area contributed by atoms with Gasteiger partial charge in [0.2, 0.25) is 5.91 Å². The largest absolute Gasteiger partial charge is 0.381 e. The average Bonchev–Trinajstić information content (AvgIpc) is 2.89. The molecular weight excluding hydrogens is 444 g/mol. The van der Waals surface area contributed by atoms with Gasteiger partial charge in [-0.3, -0.25) is 19.4 Å². The average molecular weight is 481 g/mol. The monoisotopic (exact) mass is 480 g/mol. The number of aldehydes is 2. The lowest BCUT2D eigenvalue weighted by molar-refractivity contribution is -0.126. The fourth-order valence-electron chi connectivity index (χ4n) is 4.34. The lowest BCUT2D eigenvalue weighted by Gasteiger charge is -2.28. The van der Waals surface area contributed by atoms with Gasteiger partial charge in [-0.15, -0.1) is 0 Å². The van der Waals surface area contributed by atoms with Gasteiger partial charge in [-0.25, -0.2) is 0 Å². The summed E-state index contributed by atoms with van der Waals surface area (Å²) in [5.74, 6) is -0.149. The molecule has 1 aliphatic rings. The Labute approximate surface area is 207 Å². The first kappa shape index (κ1) is 26.5. The van der Waals surface area contributed by atoms with E-state index in [1.807, 2.05) is 24.1 Å². The number of morpholine rings is 1. The number of rotatable bonds is 13. The molecule has 2 aromatic rings. The molecule has 2 aromatic carbocycles. The van der Waals surface area contributed by atoms with Gasteiger partial charge in [0.05, 0.1) is 19.3 Å². The minimum absolute atomic E-state index is 0.149. The first-order chi connectivity index (χ1) is 17.0. The van der Waals surface area contributed by atoms with E-state index in [4.69, 9.17) is 4.74 Å². The number of benzene rings is 2. The van der Waals surface area contributed by atoms with Crippen LogP contribution in [-0.2, 0) is 34.0 Å². The van der Waals surface area contributed by atoms with Gasteiger partial charge in [0.25, 0.3) is 0 Å². The first-order valence-electron chi connectivity index (χ1n) is 12.1. The molecule has 0 saturated carbocycles. The Bertz CT molecular complexity index is 974. The fraction of sp³-hybridized carbons (Fsp3) is 0.444. The Balaban J connectivity index is 1.68. The summed E-state index contributed by atoms with van der Waals surface area (Å²) in [7, 11) is 3.42.